The Balaban J connectivity index is 1.99. The van der Waals surface area contributed by atoms with Crippen LogP contribution in [0.1, 0.15) is 32.8 Å². The monoisotopic (exact) mass is 603 g/mol. The lowest BCUT2D eigenvalue weighted by Gasteiger charge is -2.32. The highest BCUT2D eigenvalue weighted by molar-refractivity contribution is 9.10. The Bertz CT molecular complexity index is 1340. The van der Waals surface area contributed by atoms with Crippen LogP contribution in [0.4, 0.5) is 10.1 Å². The van der Waals surface area contributed by atoms with Gasteiger partial charge in [-0.05, 0) is 74.4 Å². The molecular weight excluding hydrogens is 573 g/mol. The average Bonchev–Trinajstić information content (AvgIpc) is 2.91. The second-order valence-electron chi connectivity index (χ2n) is 8.94. The third kappa shape index (κ3) is 7.41. The highest BCUT2D eigenvalue weighted by Gasteiger charge is 2.32. The third-order valence-corrected chi connectivity index (χ3v) is 8.48. The van der Waals surface area contributed by atoms with Crippen LogP contribution in [0, 0.1) is 5.82 Å². The van der Waals surface area contributed by atoms with E-state index in [1.807, 2.05) is 38.1 Å². The lowest BCUT2D eigenvalue weighted by atomic mass is 10.1. The molecule has 0 aliphatic carbocycles. The minimum atomic E-state index is -4.23. The number of carbonyl (C=O) groups is 2. The van der Waals surface area contributed by atoms with E-state index in [-0.39, 0.29) is 29.1 Å². The van der Waals surface area contributed by atoms with Gasteiger partial charge < -0.3 is 10.2 Å². The van der Waals surface area contributed by atoms with Crippen molar-refractivity contribution in [3.63, 3.8) is 0 Å². The number of hydrogen-bond donors (Lipinski definition) is 1. The number of amides is 2. The van der Waals surface area contributed by atoms with Gasteiger partial charge >= 0.3 is 0 Å². The molecule has 0 saturated heterocycles. The zero-order valence-corrected chi connectivity index (χ0v) is 23.9. The molecule has 1 N–H and O–H groups in total. The summed E-state index contributed by atoms with van der Waals surface area (Å²) in [7, 11) is -4.23. The van der Waals surface area contributed by atoms with E-state index >= 15 is 0 Å². The van der Waals surface area contributed by atoms with Crippen LogP contribution in [-0.4, -0.2) is 43.8 Å². The van der Waals surface area contributed by atoms with Crippen molar-refractivity contribution in [3.8, 4) is 0 Å². The van der Waals surface area contributed by atoms with Crippen LogP contribution >= 0.6 is 15.9 Å². The zero-order chi connectivity index (χ0) is 27.9. The van der Waals surface area contributed by atoms with Crippen LogP contribution in [0.25, 0.3) is 0 Å². The molecule has 2 atom stereocenters. The number of sulfonamides is 1. The second-order valence-corrected chi connectivity index (χ2v) is 11.7. The van der Waals surface area contributed by atoms with Gasteiger partial charge in [0.2, 0.25) is 11.8 Å². The summed E-state index contributed by atoms with van der Waals surface area (Å²) in [6.45, 7) is 4.98. The molecule has 0 saturated carbocycles. The molecule has 0 radical (unpaired) electrons. The van der Waals surface area contributed by atoms with Gasteiger partial charge in [-0.15, -0.1) is 0 Å². The molecule has 3 aromatic carbocycles. The third-order valence-electron chi connectivity index (χ3n) is 6.16. The molecule has 3 aromatic rings. The Labute approximate surface area is 231 Å². The number of benzene rings is 3. The standard InChI is InChI=1S/C28H31BrFN3O4S/c1-4-20(2)31-28(35)21(3)32(18-22-10-12-23(29)13-11-22)27(34)19-33(25-8-6-5-7-9-25)38(36,37)26-16-14-24(30)15-17-26/h5-17,20-21H,4,18-19H2,1-3H3,(H,31,35)/t20-,21-/m0/s1. The van der Waals surface area contributed by atoms with E-state index in [0.29, 0.717) is 0 Å². The molecule has 0 heterocycles. The number of para-hydroxylation sites is 1. The van der Waals surface area contributed by atoms with E-state index in [0.717, 1.165) is 45.0 Å². The molecule has 10 heteroatoms. The molecule has 38 heavy (non-hydrogen) atoms. The highest BCUT2D eigenvalue weighted by atomic mass is 79.9. The van der Waals surface area contributed by atoms with Crippen molar-refractivity contribution in [2.24, 2.45) is 0 Å². The minimum absolute atomic E-state index is 0.0887. The average molecular weight is 605 g/mol. The Morgan fingerprint density at radius 1 is 0.947 bits per heavy atom. The molecule has 0 spiro atoms. The van der Waals surface area contributed by atoms with Crippen LogP contribution in [0.3, 0.4) is 0 Å². The fourth-order valence-corrected chi connectivity index (χ4v) is 5.37. The number of rotatable bonds is 11. The van der Waals surface area contributed by atoms with Gasteiger partial charge in [0.05, 0.1) is 10.6 Å². The van der Waals surface area contributed by atoms with Crippen molar-refractivity contribution >= 4 is 43.5 Å². The smallest absolute Gasteiger partial charge is 0.264 e. The van der Waals surface area contributed by atoms with Gasteiger partial charge in [0.25, 0.3) is 10.0 Å². The van der Waals surface area contributed by atoms with Crippen molar-refractivity contribution in [1.29, 1.82) is 0 Å². The zero-order valence-electron chi connectivity index (χ0n) is 21.5. The van der Waals surface area contributed by atoms with Gasteiger partial charge in [0.15, 0.2) is 0 Å². The number of hydrogen-bond acceptors (Lipinski definition) is 4. The molecule has 0 aliphatic rings. The fraction of sp³-hybridized carbons (Fsp3) is 0.286. The summed E-state index contributed by atoms with van der Waals surface area (Å²) >= 11 is 3.39. The second kappa shape index (κ2) is 13.0. The lowest BCUT2D eigenvalue weighted by molar-refractivity contribution is -0.139. The normalized spacial score (nSPS) is 12.9. The van der Waals surface area contributed by atoms with E-state index < -0.39 is 34.3 Å². The molecule has 202 valence electrons. The summed E-state index contributed by atoms with van der Waals surface area (Å²) in [5, 5.41) is 2.90. The number of carbonyl (C=O) groups excluding carboxylic acids is 2. The molecule has 3 rings (SSSR count). The first-order valence-electron chi connectivity index (χ1n) is 12.2. The maximum Gasteiger partial charge on any atom is 0.264 e. The van der Waals surface area contributed by atoms with E-state index in [1.54, 1.807) is 37.3 Å². The topological polar surface area (TPSA) is 86.8 Å². The Morgan fingerprint density at radius 2 is 1.55 bits per heavy atom. The minimum Gasteiger partial charge on any atom is -0.352 e. The Morgan fingerprint density at radius 3 is 2.13 bits per heavy atom. The number of nitrogens with one attached hydrogen (secondary N) is 1. The summed E-state index contributed by atoms with van der Waals surface area (Å²) in [4.78, 5) is 28.0. The largest absolute Gasteiger partial charge is 0.352 e. The summed E-state index contributed by atoms with van der Waals surface area (Å²) < 4.78 is 42.6. The number of halogens is 2. The molecule has 0 bridgehead atoms. The predicted octanol–water partition coefficient (Wildman–Crippen LogP) is 5.12. The molecule has 7 nitrogen and oxygen atoms in total. The van der Waals surface area contributed by atoms with Gasteiger partial charge in [-0.25, -0.2) is 12.8 Å². The summed E-state index contributed by atoms with van der Waals surface area (Å²) in [6, 6.07) is 19.0. The first-order valence-corrected chi connectivity index (χ1v) is 14.4. The van der Waals surface area contributed by atoms with Crippen LogP contribution in [0.15, 0.2) is 88.2 Å². The number of anilines is 1. The van der Waals surface area contributed by atoms with Crippen LogP contribution in [-0.2, 0) is 26.2 Å². The van der Waals surface area contributed by atoms with Crippen LogP contribution in [0.2, 0.25) is 0 Å². The molecule has 0 fully saturated rings. The number of nitrogens with zero attached hydrogens (tertiary/aromatic N) is 2. The van der Waals surface area contributed by atoms with Gasteiger partial charge in [-0.3, -0.25) is 13.9 Å². The van der Waals surface area contributed by atoms with Crippen molar-refractivity contribution in [2.75, 3.05) is 10.8 Å². The van der Waals surface area contributed by atoms with Crippen molar-refractivity contribution in [3.05, 3.63) is 94.7 Å². The first kappa shape index (κ1) is 29.3. The van der Waals surface area contributed by atoms with Gasteiger partial charge in [0, 0.05) is 17.1 Å². The Hall–Kier alpha value is -3.24. The van der Waals surface area contributed by atoms with Crippen molar-refractivity contribution < 1.29 is 22.4 Å². The molecule has 0 aromatic heterocycles. The SMILES string of the molecule is CC[C@H](C)NC(=O)[C@H](C)N(Cc1ccc(Br)cc1)C(=O)CN(c1ccccc1)S(=O)(=O)c1ccc(F)cc1. The Kier molecular flexibility index (Phi) is 10.0. The summed E-state index contributed by atoms with van der Waals surface area (Å²) in [5.74, 6) is -1.47. The van der Waals surface area contributed by atoms with E-state index in [2.05, 4.69) is 21.2 Å². The lowest BCUT2D eigenvalue weighted by Crippen LogP contribution is -2.52. The van der Waals surface area contributed by atoms with Gasteiger partial charge in [0.1, 0.15) is 18.4 Å². The van der Waals surface area contributed by atoms with Gasteiger partial charge in [-0.1, -0.05) is 53.2 Å². The van der Waals surface area contributed by atoms with Crippen LogP contribution < -0.4 is 9.62 Å². The maximum atomic E-state index is 13.8. The molecule has 2 amide bonds. The first-order chi connectivity index (χ1) is 18.0. The highest BCUT2D eigenvalue weighted by Crippen LogP contribution is 2.25. The predicted molar refractivity (Wildman–Crippen MR) is 149 cm³/mol. The van der Waals surface area contributed by atoms with Gasteiger partial charge in [-0.2, -0.15) is 0 Å². The quantitative estimate of drug-likeness (QED) is 0.330. The summed E-state index contributed by atoms with van der Waals surface area (Å²) in [6.07, 6.45) is 0.719. The maximum absolute atomic E-state index is 13.8. The molecular formula is C28H31BrFN3O4S. The van der Waals surface area contributed by atoms with E-state index in [9.17, 15) is 22.4 Å². The molecule has 0 aliphatic heterocycles. The van der Waals surface area contributed by atoms with Crippen molar-refractivity contribution in [2.45, 2.75) is 50.7 Å². The van der Waals surface area contributed by atoms with Crippen molar-refractivity contribution in [1.82, 2.24) is 10.2 Å². The van der Waals surface area contributed by atoms with E-state index in [4.69, 9.17) is 0 Å². The fourth-order valence-electron chi connectivity index (χ4n) is 3.69. The van der Waals surface area contributed by atoms with Crippen LogP contribution in [0.5, 0.6) is 0 Å². The molecule has 0 unspecified atom stereocenters. The summed E-state index contributed by atoms with van der Waals surface area (Å²) in [5.41, 5.74) is 1.04. The van der Waals surface area contributed by atoms with E-state index in [1.165, 1.54) is 4.90 Å².